The van der Waals surface area contributed by atoms with Crippen LogP contribution in [0.15, 0.2) is 18.2 Å². The number of rotatable bonds is 3. The first-order chi connectivity index (χ1) is 7.31. The van der Waals surface area contributed by atoms with Gasteiger partial charge in [-0.15, -0.1) is 0 Å². The van der Waals surface area contributed by atoms with Gasteiger partial charge in [0.25, 0.3) is 5.91 Å². The highest BCUT2D eigenvalue weighted by Crippen LogP contribution is 2.37. The van der Waals surface area contributed by atoms with E-state index < -0.39 is 0 Å². The van der Waals surface area contributed by atoms with Crippen molar-refractivity contribution in [3.63, 3.8) is 0 Å². The van der Waals surface area contributed by atoms with E-state index in [0.29, 0.717) is 23.8 Å². The number of ether oxygens (including phenoxy) is 2. The van der Waals surface area contributed by atoms with E-state index in [2.05, 4.69) is 5.32 Å². The molecule has 0 saturated carbocycles. The Kier molecular flexibility index (Phi) is 2.76. The fourth-order valence-corrected chi connectivity index (χ4v) is 1.41. The monoisotopic (exact) mass is 207 g/mol. The Labute approximate surface area is 88.2 Å². The van der Waals surface area contributed by atoms with Crippen molar-refractivity contribution in [2.75, 3.05) is 18.5 Å². The molecule has 0 radical (unpaired) electrons. The van der Waals surface area contributed by atoms with Crippen LogP contribution in [0.1, 0.15) is 13.3 Å². The molecule has 1 aromatic rings. The highest BCUT2D eigenvalue weighted by molar-refractivity contribution is 5.96. The van der Waals surface area contributed by atoms with Crippen molar-refractivity contribution < 1.29 is 14.3 Å². The number of hydrogen-bond acceptors (Lipinski definition) is 3. The molecule has 0 saturated heterocycles. The van der Waals surface area contributed by atoms with Crippen molar-refractivity contribution in [1.82, 2.24) is 0 Å². The Balaban J connectivity index is 2.25. The van der Waals surface area contributed by atoms with Crippen molar-refractivity contribution in [2.24, 2.45) is 0 Å². The van der Waals surface area contributed by atoms with E-state index in [4.69, 9.17) is 9.47 Å². The summed E-state index contributed by atoms with van der Waals surface area (Å²) in [6, 6.07) is 5.47. The second-order valence-electron chi connectivity index (χ2n) is 3.32. The molecule has 1 aliphatic rings. The van der Waals surface area contributed by atoms with Gasteiger partial charge in [-0.3, -0.25) is 4.79 Å². The van der Waals surface area contributed by atoms with Gasteiger partial charge in [0.05, 0.1) is 12.3 Å². The van der Waals surface area contributed by atoms with E-state index in [9.17, 15) is 4.79 Å². The van der Waals surface area contributed by atoms with Crippen LogP contribution in [0.2, 0.25) is 0 Å². The second kappa shape index (κ2) is 4.21. The van der Waals surface area contributed by atoms with Crippen molar-refractivity contribution in [3.05, 3.63) is 18.2 Å². The van der Waals surface area contributed by atoms with Crippen LogP contribution >= 0.6 is 0 Å². The van der Waals surface area contributed by atoms with E-state index >= 15 is 0 Å². The largest absolute Gasteiger partial charge is 0.490 e. The zero-order valence-electron chi connectivity index (χ0n) is 8.58. The fraction of sp³-hybridized carbons (Fsp3) is 0.364. The minimum absolute atomic E-state index is 0.0551. The maximum Gasteiger partial charge on any atom is 0.262 e. The smallest absolute Gasteiger partial charge is 0.262 e. The standard InChI is InChI=1S/C11H13NO3/c1-2-6-14-9-5-3-4-8-11(9)15-7-10(13)12-8/h3-5H,2,6-7H2,1H3,(H,12,13). The van der Waals surface area contributed by atoms with E-state index in [0.717, 1.165) is 6.42 Å². The number of hydrogen-bond donors (Lipinski definition) is 1. The molecule has 15 heavy (non-hydrogen) atoms. The van der Waals surface area contributed by atoms with Gasteiger partial charge in [0.2, 0.25) is 0 Å². The lowest BCUT2D eigenvalue weighted by molar-refractivity contribution is -0.118. The van der Waals surface area contributed by atoms with Crippen LogP contribution in [0.3, 0.4) is 0 Å². The fourth-order valence-electron chi connectivity index (χ4n) is 1.41. The summed E-state index contributed by atoms with van der Waals surface area (Å²) in [6.45, 7) is 2.74. The number of benzene rings is 1. The highest BCUT2D eigenvalue weighted by Gasteiger charge is 2.19. The van der Waals surface area contributed by atoms with Gasteiger partial charge in [0, 0.05) is 0 Å². The first kappa shape index (κ1) is 9.83. The van der Waals surface area contributed by atoms with Gasteiger partial charge in [-0.05, 0) is 18.6 Å². The third-order valence-corrected chi connectivity index (χ3v) is 2.06. The lowest BCUT2D eigenvalue weighted by atomic mass is 10.2. The normalized spacial score (nSPS) is 13.8. The molecule has 1 N–H and O–H groups in total. The van der Waals surface area contributed by atoms with Gasteiger partial charge in [-0.1, -0.05) is 13.0 Å². The van der Waals surface area contributed by atoms with Gasteiger partial charge >= 0.3 is 0 Å². The maximum atomic E-state index is 11.1. The third kappa shape index (κ3) is 2.03. The molecule has 4 nitrogen and oxygen atoms in total. The van der Waals surface area contributed by atoms with E-state index in [1.54, 1.807) is 6.07 Å². The number of para-hydroxylation sites is 1. The van der Waals surface area contributed by atoms with Gasteiger partial charge in [-0.2, -0.15) is 0 Å². The van der Waals surface area contributed by atoms with E-state index in [-0.39, 0.29) is 12.5 Å². The average molecular weight is 207 g/mol. The second-order valence-corrected chi connectivity index (χ2v) is 3.32. The summed E-state index contributed by atoms with van der Waals surface area (Å²) in [5.41, 5.74) is 0.680. The molecule has 1 amide bonds. The van der Waals surface area contributed by atoms with Crippen LogP contribution < -0.4 is 14.8 Å². The number of amides is 1. The zero-order valence-corrected chi connectivity index (χ0v) is 8.58. The van der Waals surface area contributed by atoms with Crippen molar-refractivity contribution in [2.45, 2.75) is 13.3 Å². The zero-order chi connectivity index (χ0) is 10.7. The molecule has 0 aromatic heterocycles. The summed E-state index contributed by atoms with van der Waals surface area (Å²) >= 11 is 0. The molecule has 0 atom stereocenters. The number of carbonyl (C=O) groups excluding carboxylic acids is 1. The molecule has 0 bridgehead atoms. The van der Waals surface area contributed by atoms with Gasteiger partial charge < -0.3 is 14.8 Å². The Morgan fingerprint density at radius 3 is 3.20 bits per heavy atom. The van der Waals surface area contributed by atoms with Crippen molar-refractivity contribution in [1.29, 1.82) is 0 Å². The van der Waals surface area contributed by atoms with E-state index in [1.807, 2.05) is 19.1 Å². The highest BCUT2D eigenvalue weighted by atomic mass is 16.5. The predicted molar refractivity (Wildman–Crippen MR) is 56.4 cm³/mol. The Bertz CT molecular complexity index is 376. The van der Waals surface area contributed by atoms with Gasteiger partial charge in [0.15, 0.2) is 18.1 Å². The molecule has 4 heteroatoms. The quantitative estimate of drug-likeness (QED) is 0.822. The SMILES string of the molecule is CCCOc1cccc2c1OCC(=O)N2. The van der Waals surface area contributed by atoms with Crippen LogP contribution in [0.25, 0.3) is 0 Å². The Hall–Kier alpha value is -1.71. The third-order valence-electron chi connectivity index (χ3n) is 2.06. The molecular weight excluding hydrogens is 194 g/mol. The van der Waals surface area contributed by atoms with Crippen LogP contribution in [0.4, 0.5) is 5.69 Å². The van der Waals surface area contributed by atoms with Crippen molar-refractivity contribution in [3.8, 4) is 11.5 Å². The molecule has 0 fully saturated rings. The average Bonchev–Trinajstić information content (AvgIpc) is 2.25. The maximum absolute atomic E-state index is 11.1. The summed E-state index contributed by atoms with van der Waals surface area (Å²) < 4.78 is 10.8. The Morgan fingerprint density at radius 2 is 2.40 bits per heavy atom. The first-order valence-electron chi connectivity index (χ1n) is 4.99. The van der Waals surface area contributed by atoms with Crippen LogP contribution in [0, 0.1) is 0 Å². The molecule has 1 heterocycles. The lowest BCUT2D eigenvalue weighted by Gasteiger charge is -2.20. The molecule has 0 unspecified atom stereocenters. The first-order valence-corrected chi connectivity index (χ1v) is 4.99. The summed E-state index contributed by atoms with van der Waals surface area (Å²) in [7, 11) is 0. The van der Waals surface area contributed by atoms with E-state index in [1.165, 1.54) is 0 Å². The number of nitrogens with one attached hydrogen (secondary N) is 1. The minimum atomic E-state index is -0.129. The predicted octanol–water partition coefficient (Wildman–Crippen LogP) is 1.81. The molecular formula is C11H13NO3. The van der Waals surface area contributed by atoms with Crippen LogP contribution in [-0.4, -0.2) is 19.1 Å². The number of anilines is 1. The summed E-state index contributed by atoms with van der Waals surface area (Å²) in [6.07, 6.45) is 0.941. The summed E-state index contributed by atoms with van der Waals surface area (Å²) in [5, 5.41) is 2.73. The number of fused-ring (bicyclic) bond motifs is 1. The summed E-state index contributed by atoms with van der Waals surface area (Å²) in [4.78, 5) is 11.1. The van der Waals surface area contributed by atoms with Gasteiger partial charge in [0.1, 0.15) is 0 Å². The minimum Gasteiger partial charge on any atom is -0.490 e. The Morgan fingerprint density at radius 1 is 1.53 bits per heavy atom. The topological polar surface area (TPSA) is 47.6 Å². The molecule has 1 aromatic carbocycles. The van der Waals surface area contributed by atoms with Crippen LogP contribution in [-0.2, 0) is 4.79 Å². The molecule has 0 aliphatic carbocycles. The summed E-state index contributed by atoms with van der Waals surface area (Å²) in [5.74, 6) is 1.19. The molecule has 2 rings (SSSR count). The lowest BCUT2D eigenvalue weighted by Crippen LogP contribution is -2.25. The molecule has 0 spiro atoms. The molecule has 1 aliphatic heterocycles. The number of carbonyl (C=O) groups is 1. The molecule has 80 valence electrons. The van der Waals surface area contributed by atoms with Crippen molar-refractivity contribution >= 4 is 11.6 Å². The van der Waals surface area contributed by atoms with Crippen LogP contribution in [0.5, 0.6) is 11.5 Å². The van der Waals surface area contributed by atoms with Gasteiger partial charge in [-0.25, -0.2) is 0 Å².